The van der Waals surface area contributed by atoms with Crippen molar-refractivity contribution in [3.63, 3.8) is 0 Å². The highest BCUT2D eigenvalue weighted by molar-refractivity contribution is 6.30. The van der Waals surface area contributed by atoms with Crippen LogP contribution in [-0.4, -0.2) is 53.5 Å². The number of fused-ring (bicyclic) bond motifs is 1. The van der Waals surface area contributed by atoms with E-state index in [1.165, 1.54) is 4.90 Å². The maximum atomic E-state index is 13.0. The Hall–Kier alpha value is -2.53. The molecule has 8 nitrogen and oxygen atoms in total. The number of carbonyl (C=O) groups is 3. The SMILES string of the molecule is CC[C@H](NC(=O)OC(C)(C)C)C(=O)N1c2ccc(Cl)cc2C[C@H]1C(=O)O.NCC(F)(F)F. The molecule has 0 bridgehead atoms. The number of ether oxygens (including phenoxy) is 1. The van der Waals surface area contributed by atoms with Gasteiger partial charge in [-0.3, -0.25) is 9.69 Å². The quantitative estimate of drug-likeness (QED) is 0.605. The summed E-state index contributed by atoms with van der Waals surface area (Å²) in [4.78, 5) is 37.9. The van der Waals surface area contributed by atoms with Gasteiger partial charge in [0.05, 0.1) is 6.54 Å². The lowest BCUT2D eigenvalue weighted by Gasteiger charge is -2.28. The average Bonchev–Trinajstić information content (AvgIpc) is 3.02. The lowest BCUT2D eigenvalue weighted by atomic mass is 10.1. The summed E-state index contributed by atoms with van der Waals surface area (Å²) >= 11 is 5.97. The number of amides is 2. The molecule has 1 heterocycles. The molecular weight excluding hydrogens is 455 g/mol. The van der Waals surface area contributed by atoms with Crippen LogP contribution in [0, 0.1) is 0 Å². The Labute approximate surface area is 188 Å². The second-order valence-corrected chi connectivity index (χ2v) is 8.40. The van der Waals surface area contributed by atoms with Crippen molar-refractivity contribution in [1.82, 2.24) is 5.32 Å². The van der Waals surface area contributed by atoms with Gasteiger partial charge in [0.1, 0.15) is 17.7 Å². The number of alkyl carbamates (subject to hydrolysis) is 1. The number of alkyl halides is 3. The van der Waals surface area contributed by atoms with Gasteiger partial charge in [0.15, 0.2) is 0 Å². The number of benzene rings is 1. The molecule has 2 amide bonds. The van der Waals surface area contributed by atoms with E-state index in [0.717, 1.165) is 0 Å². The highest BCUT2D eigenvalue weighted by Gasteiger charge is 2.41. The molecule has 1 aliphatic heterocycles. The zero-order valence-corrected chi connectivity index (χ0v) is 18.9. The third kappa shape index (κ3) is 8.19. The van der Waals surface area contributed by atoms with E-state index in [9.17, 15) is 32.7 Å². The molecule has 0 spiro atoms. The zero-order valence-electron chi connectivity index (χ0n) is 18.1. The molecule has 0 radical (unpaired) electrons. The number of nitrogens with two attached hydrogens (primary N) is 1. The van der Waals surface area contributed by atoms with Crippen LogP contribution in [0.4, 0.5) is 23.7 Å². The van der Waals surface area contributed by atoms with Crippen LogP contribution in [0.2, 0.25) is 5.02 Å². The molecule has 32 heavy (non-hydrogen) atoms. The van der Waals surface area contributed by atoms with Gasteiger partial charge in [-0.2, -0.15) is 13.2 Å². The maximum absolute atomic E-state index is 13.0. The summed E-state index contributed by atoms with van der Waals surface area (Å²) < 4.78 is 37.2. The summed E-state index contributed by atoms with van der Waals surface area (Å²) in [5.41, 5.74) is 4.66. The van der Waals surface area contributed by atoms with E-state index in [1.807, 2.05) is 0 Å². The van der Waals surface area contributed by atoms with Crippen LogP contribution >= 0.6 is 11.6 Å². The number of carbonyl (C=O) groups excluding carboxylic acids is 2. The molecular formula is C20H27ClF3N3O5. The van der Waals surface area contributed by atoms with Crippen molar-refractivity contribution >= 4 is 35.3 Å². The van der Waals surface area contributed by atoms with E-state index < -0.39 is 48.4 Å². The first-order chi connectivity index (χ1) is 14.6. The number of nitrogens with one attached hydrogen (secondary N) is 1. The van der Waals surface area contributed by atoms with E-state index in [0.29, 0.717) is 22.7 Å². The Morgan fingerprint density at radius 1 is 1.31 bits per heavy atom. The van der Waals surface area contributed by atoms with Crippen LogP contribution in [0.15, 0.2) is 18.2 Å². The Morgan fingerprint density at radius 2 is 1.88 bits per heavy atom. The van der Waals surface area contributed by atoms with Crippen molar-refractivity contribution in [3.8, 4) is 0 Å². The van der Waals surface area contributed by atoms with Crippen molar-refractivity contribution < 1.29 is 37.4 Å². The Kier molecular flexibility index (Phi) is 9.34. The molecule has 4 N–H and O–H groups in total. The summed E-state index contributed by atoms with van der Waals surface area (Å²) in [6.45, 7) is 5.66. The number of nitrogens with zero attached hydrogens (tertiary/aromatic N) is 1. The summed E-state index contributed by atoms with van der Waals surface area (Å²) in [5, 5.41) is 12.5. The fourth-order valence-electron chi connectivity index (χ4n) is 2.85. The standard InChI is InChI=1S/C18H23ClN2O5.C2H4F3N/c1-5-12(20-17(25)26-18(2,3)4)15(22)21-13-7-6-11(19)8-10(13)9-14(21)16(23)24;3-2(4,5)1-6/h6-8,12,14H,5,9H2,1-4H3,(H,20,25)(H,23,24);1,6H2/t12-,14-;/m0./s1. The third-order valence-corrected chi connectivity index (χ3v) is 4.41. The van der Waals surface area contributed by atoms with Gasteiger partial charge >= 0.3 is 18.2 Å². The molecule has 2 rings (SSSR count). The number of carboxylic acid groups (broad SMARTS) is 1. The first kappa shape index (κ1) is 27.5. The topological polar surface area (TPSA) is 122 Å². The Morgan fingerprint density at radius 3 is 2.31 bits per heavy atom. The molecule has 12 heteroatoms. The number of aliphatic carboxylic acids is 1. The van der Waals surface area contributed by atoms with Crippen LogP contribution in [0.5, 0.6) is 0 Å². The third-order valence-electron chi connectivity index (χ3n) is 4.18. The van der Waals surface area contributed by atoms with Crippen molar-refractivity contribution in [2.75, 3.05) is 11.4 Å². The second kappa shape index (κ2) is 10.9. The minimum atomic E-state index is -4.18. The molecule has 180 valence electrons. The van der Waals surface area contributed by atoms with Crippen LogP contribution in [0.1, 0.15) is 39.7 Å². The summed E-state index contributed by atoms with van der Waals surface area (Å²) in [6, 6.07) is 2.95. The van der Waals surface area contributed by atoms with Gasteiger partial charge < -0.3 is 20.9 Å². The molecule has 0 saturated carbocycles. The maximum Gasteiger partial charge on any atom is 0.408 e. The van der Waals surface area contributed by atoms with Crippen LogP contribution in [-0.2, 0) is 20.7 Å². The molecule has 1 aromatic carbocycles. The zero-order chi connectivity index (χ0) is 24.9. The van der Waals surface area contributed by atoms with Crippen LogP contribution in [0.3, 0.4) is 0 Å². The van der Waals surface area contributed by atoms with Gasteiger partial charge in [-0.1, -0.05) is 18.5 Å². The first-order valence-corrected chi connectivity index (χ1v) is 10.1. The van der Waals surface area contributed by atoms with Gasteiger partial charge in [-0.05, 0) is 51.0 Å². The van der Waals surface area contributed by atoms with E-state index >= 15 is 0 Å². The normalized spacial score (nSPS) is 16.4. The predicted octanol–water partition coefficient (Wildman–Crippen LogP) is 3.49. The monoisotopic (exact) mass is 481 g/mol. The molecule has 0 saturated heterocycles. The number of anilines is 1. The summed E-state index contributed by atoms with van der Waals surface area (Å²) in [7, 11) is 0. The lowest BCUT2D eigenvalue weighted by Crippen LogP contribution is -2.53. The van der Waals surface area contributed by atoms with Crippen molar-refractivity contribution in [3.05, 3.63) is 28.8 Å². The highest BCUT2D eigenvalue weighted by Crippen LogP contribution is 2.35. The van der Waals surface area contributed by atoms with E-state index in [2.05, 4.69) is 11.1 Å². The number of rotatable bonds is 4. The van der Waals surface area contributed by atoms with Gasteiger partial charge in [-0.15, -0.1) is 0 Å². The number of hydrogen-bond acceptors (Lipinski definition) is 5. The minimum absolute atomic E-state index is 0.167. The largest absolute Gasteiger partial charge is 0.480 e. The summed E-state index contributed by atoms with van der Waals surface area (Å²) in [6.07, 6.45) is -4.44. The predicted molar refractivity (Wildman–Crippen MR) is 113 cm³/mol. The lowest BCUT2D eigenvalue weighted by molar-refractivity contribution is -0.140. The smallest absolute Gasteiger partial charge is 0.408 e. The minimum Gasteiger partial charge on any atom is -0.480 e. The van der Waals surface area contributed by atoms with E-state index in [-0.39, 0.29) is 6.42 Å². The first-order valence-electron chi connectivity index (χ1n) is 9.70. The van der Waals surface area contributed by atoms with Crippen molar-refractivity contribution in [2.24, 2.45) is 5.73 Å². The number of halogens is 4. The molecule has 0 unspecified atom stereocenters. The molecule has 1 aromatic rings. The average molecular weight is 482 g/mol. The number of hydrogen-bond donors (Lipinski definition) is 3. The van der Waals surface area contributed by atoms with Gasteiger partial charge in [-0.25, -0.2) is 9.59 Å². The van der Waals surface area contributed by atoms with Gasteiger partial charge in [0, 0.05) is 17.1 Å². The fraction of sp³-hybridized carbons (Fsp3) is 0.550. The molecule has 2 atom stereocenters. The van der Waals surface area contributed by atoms with E-state index in [4.69, 9.17) is 16.3 Å². The van der Waals surface area contributed by atoms with Gasteiger partial charge in [0.25, 0.3) is 5.91 Å². The van der Waals surface area contributed by atoms with Crippen molar-refractivity contribution in [1.29, 1.82) is 0 Å². The molecule has 0 aromatic heterocycles. The van der Waals surface area contributed by atoms with Crippen LogP contribution < -0.4 is 16.0 Å². The highest BCUT2D eigenvalue weighted by atomic mass is 35.5. The second-order valence-electron chi connectivity index (χ2n) is 7.97. The Bertz CT molecular complexity index is 843. The van der Waals surface area contributed by atoms with Crippen LogP contribution in [0.25, 0.3) is 0 Å². The molecule has 1 aliphatic rings. The fourth-order valence-corrected chi connectivity index (χ4v) is 3.04. The summed E-state index contributed by atoms with van der Waals surface area (Å²) in [5.74, 6) is -1.61. The van der Waals surface area contributed by atoms with Crippen molar-refractivity contribution in [2.45, 2.75) is 64.4 Å². The van der Waals surface area contributed by atoms with Gasteiger partial charge in [0.2, 0.25) is 0 Å². The van der Waals surface area contributed by atoms with E-state index in [1.54, 1.807) is 45.9 Å². The molecule has 0 fully saturated rings. The Balaban J connectivity index is 0.000000751. The number of carboxylic acids is 1. The molecule has 0 aliphatic carbocycles.